The van der Waals surface area contributed by atoms with Crippen LogP contribution in [0.15, 0.2) is 4.99 Å². The largest absolute Gasteiger partial charge is 0.480 e. The summed E-state index contributed by atoms with van der Waals surface area (Å²) in [6.07, 6.45) is 1.42. The zero-order valence-corrected chi connectivity index (χ0v) is 11.8. The van der Waals surface area contributed by atoms with E-state index >= 15 is 0 Å². The van der Waals surface area contributed by atoms with E-state index in [0.717, 1.165) is 0 Å². The predicted molar refractivity (Wildman–Crippen MR) is 73.5 cm³/mol. The number of nitrogens with two attached hydrogens (primary N) is 2. The van der Waals surface area contributed by atoms with Gasteiger partial charge in [0.05, 0.1) is 0 Å². The van der Waals surface area contributed by atoms with Crippen molar-refractivity contribution in [3.63, 3.8) is 0 Å². The van der Waals surface area contributed by atoms with Crippen molar-refractivity contribution in [2.75, 3.05) is 6.54 Å². The maximum absolute atomic E-state index is 11.9. The number of nitrogens with zero attached hydrogens (tertiary/aromatic N) is 1. The standard InChI is InChI=1S/C12H24N4O3/c1-4-12(2,3)10(19)16-8(9(17)18)6-5-7-15-11(13)14/h8H,4-7H2,1-3H3,(H,16,19)(H,17,18)(H4,13,14,15)/t8-/m0/s1. The van der Waals surface area contributed by atoms with Gasteiger partial charge in [0.25, 0.3) is 0 Å². The Kier molecular flexibility index (Phi) is 6.89. The lowest BCUT2D eigenvalue weighted by Crippen LogP contribution is -2.46. The third kappa shape index (κ3) is 6.64. The van der Waals surface area contributed by atoms with E-state index < -0.39 is 17.4 Å². The number of hydrogen-bond acceptors (Lipinski definition) is 3. The number of guanidine groups is 1. The van der Waals surface area contributed by atoms with E-state index in [1.165, 1.54) is 0 Å². The zero-order chi connectivity index (χ0) is 15.1. The predicted octanol–water partition coefficient (Wildman–Crippen LogP) is 0.0456. The molecule has 6 N–H and O–H groups in total. The number of amides is 1. The second kappa shape index (κ2) is 7.60. The number of aliphatic carboxylic acids is 1. The number of carbonyl (C=O) groups excluding carboxylic acids is 1. The van der Waals surface area contributed by atoms with E-state index in [2.05, 4.69) is 10.3 Å². The van der Waals surface area contributed by atoms with Crippen LogP contribution >= 0.6 is 0 Å². The molecular formula is C12H24N4O3. The summed E-state index contributed by atoms with van der Waals surface area (Å²) in [4.78, 5) is 26.8. The number of aliphatic imine (C=N–C) groups is 1. The first kappa shape index (κ1) is 17.2. The molecular weight excluding hydrogens is 248 g/mol. The first-order chi connectivity index (χ1) is 8.70. The van der Waals surface area contributed by atoms with Gasteiger partial charge in [0.1, 0.15) is 6.04 Å². The summed E-state index contributed by atoms with van der Waals surface area (Å²) in [6.45, 7) is 5.79. The summed E-state index contributed by atoms with van der Waals surface area (Å²) in [7, 11) is 0. The van der Waals surface area contributed by atoms with E-state index in [0.29, 0.717) is 19.4 Å². The number of carboxylic acids is 1. The van der Waals surface area contributed by atoms with Crippen LogP contribution in [0.2, 0.25) is 0 Å². The van der Waals surface area contributed by atoms with E-state index in [9.17, 15) is 9.59 Å². The van der Waals surface area contributed by atoms with E-state index in [1.54, 1.807) is 13.8 Å². The Morgan fingerprint density at radius 3 is 2.37 bits per heavy atom. The first-order valence-electron chi connectivity index (χ1n) is 6.30. The SMILES string of the molecule is CCC(C)(C)C(=O)N[C@@H](CCCN=C(N)N)C(=O)O. The smallest absolute Gasteiger partial charge is 0.326 e. The highest BCUT2D eigenvalue weighted by molar-refractivity contribution is 5.86. The van der Waals surface area contributed by atoms with Crippen LogP contribution in [0.1, 0.15) is 40.0 Å². The van der Waals surface area contributed by atoms with Gasteiger partial charge in [0, 0.05) is 12.0 Å². The molecule has 0 saturated heterocycles. The summed E-state index contributed by atoms with van der Waals surface area (Å²) >= 11 is 0. The molecule has 7 heteroatoms. The van der Waals surface area contributed by atoms with Crippen LogP contribution in [0.25, 0.3) is 0 Å². The lowest BCUT2D eigenvalue weighted by atomic mass is 9.89. The molecule has 0 aromatic rings. The normalized spacial score (nSPS) is 12.6. The molecule has 19 heavy (non-hydrogen) atoms. The van der Waals surface area contributed by atoms with Gasteiger partial charge in [0.2, 0.25) is 5.91 Å². The highest BCUT2D eigenvalue weighted by Crippen LogP contribution is 2.20. The highest BCUT2D eigenvalue weighted by atomic mass is 16.4. The molecule has 0 heterocycles. The number of hydrogen-bond donors (Lipinski definition) is 4. The quantitative estimate of drug-likeness (QED) is 0.281. The maximum atomic E-state index is 11.9. The molecule has 0 aliphatic rings. The molecule has 110 valence electrons. The lowest BCUT2D eigenvalue weighted by molar-refractivity contribution is -0.143. The minimum absolute atomic E-state index is 0.0250. The molecule has 0 radical (unpaired) electrons. The van der Waals surface area contributed by atoms with Crippen molar-refractivity contribution in [2.45, 2.75) is 46.1 Å². The van der Waals surface area contributed by atoms with E-state index in [-0.39, 0.29) is 18.3 Å². The van der Waals surface area contributed by atoms with Gasteiger partial charge >= 0.3 is 5.97 Å². The van der Waals surface area contributed by atoms with E-state index in [1.807, 2.05) is 6.92 Å². The van der Waals surface area contributed by atoms with Gasteiger partial charge in [-0.05, 0) is 19.3 Å². The van der Waals surface area contributed by atoms with Crippen molar-refractivity contribution in [1.82, 2.24) is 5.32 Å². The number of carboxylic acid groups (broad SMARTS) is 1. The molecule has 1 atom stereocenters. The van der Waals surface area contributed by atoms with Crippen molar-refractivity contribution >= 4 is 17.8 Å². The Morgan fingerprint density at radius 1 is 1.37 bits per heavy atom. The van der Waals surface area contributed by atoms with Crippen LogP contribution < -0.4 is 16.8 Å². The van der Waals surface area contributed by atoms with Crippen LogP contribution in [-0.4, -0.2) is 35.5 Å². The van der Waals surface area contributed by atoms with Crippen molar-refractivity contribution in [3.05, 3.63) is 0 Å². The minimum atomic E-state index is -1.05. The van der Waals surface area contributed by atoms with Gasteiger partial charge in [-0.15, -0.1) is 0 Å². The zero-order valence-electron chi connectivity index (χ0n) is 11.8. The fourth-order valence-corrected chi connectivity index (χ4v) is 1.28. The molecule has 1 amide bonds. The van der Waals surface area contributed by atoms with Crippen molar-refractivity contribution in [3.8, 4) is 0 Å². The molecule has 0 fully saturated rings. The molecule has 0 aromatic heterocycles. The molecule has 0 aromatic carbocycles. The molecule has 7 nitrogen and oxygen atoms in total. The van der Waals surface area contributed by atoms with Gasteiger partial charge < -0.3 is 21.9 Å². The van der Waals surface area contributed by atoms with Crippen molar-refractivity contribution in [2.24, 2.45) is 21.9 Å². The number of nitrogens with one attached hydrogen (secondary N) is 1. The van der Waals surface area contributed by atoms with Crippen molar-refractivity contribution < 1.29 is 14.7 Å². The van der Waals surface area contributed by atoms with Crippen LogP contribution in [0, 0.1) is 5.41 Å². The molecule has 0 unspecified atom stereocenters. The molecule has 0 aliphatic carbocycles. The average Bonchev–Trinajstić information content (AvgIpc) is 2.31. The van der Waals surface area contributed by atoms with Gasteiger partial charge in [0.15, 0.2) is 5.96 Å². The third-order valence-electron chi connectivity index (χ3n) is 3.05. The summed E-state index contributed by atoms with van der Waals surface area (Å²) in [5.74, 6) is -1.34. The molecule has 0 bridgehead atoms. The number of carbonyl (C=O) groups is 2. The van der Waals surface area contributed by atoms with Crippen LogP contribution in [0.5, 0.6) is 0 Å². The Labute approximate surface area is 113 Å². The fourth-order valence-electron chi connectivity index (χ4n) is 1.28. The Hall–Kier alpha value is -1.79. The first-order valence-corrected chi connectivity index (χ1v) is 6.30. The third-order valence-corrected chi connectivity index (χ3v) is 3.05. The van der Waals surface area contributed by atoms with Gasteiger partial charge in [-0.25, -0.2) is 4.79 Å². The van der Waals surface area contributed by atoms with Crippen LogP contribution in [-0.2, 0) is 9.59 Å². The van der Waals surface area contributed by atoms with Crippen molar-refractivity contribution in [1.29, 1.82) is 0 Å². The molecule has 0 rings (SSSR count). The molecule has 0 saturated carbocycles. The lowest BCUT2D eigenvalue weighted by Gasteiger charge is -2.24. The summed E-state index contributed by atoms with van der Waals surface area (Å²) < 4.78 is 0. The second-order valence-corrected chi connectivity index (χ2v) is 5.05. The molecule has 0 spiro atoms. The Morgan fingerprint density at radius 2 is 1.95 bits per heavy atom. The fraction of sp³-hybridized carbons (Fsp3) is 0.750. The maximum Gasteiger partial charge on any atom is 0.326 e. The summed E-state index contributed by atoms with van der Waals surface area (Å²) in [6, 6.07) is -0.910. The topological polar surface area (TPSA) is 131 Å². The van der Waals surface area contributed by atoms with Gasteiger partial charge in [-0.3, -0.25) is 9.79 Å². The van der Waals surface area contributed by atoms with E-state index in [4.69, 9.17) is 16.6 Å². The molecule has 0 aliphatic heterocycles. The Balaban J connectivity index is 4.39. The monoisotopic (exact) mass is 272 g/mol. The van der Waals surface area contributed by atoms with Gasteiger partial charge in [-0.2, -0.15) is 0 Å². The van der Waals surface area contributed by atoms with Gasteiger partial charge in [-0.1, -0.05) is 20.8 Å². The summed E-state index contributed by atoms with van der Waals surface area (Å²) in [5.41, 5.74) is 9.76. The number of rotatable bonds is 8. The second-order valence-electron chi connectivity index (χ2n) is 5.05. The summed E-state index contributed by atoms with van der Waals surface area (Å²) in [5, 5.41) is 11.6. The Bertz CT molecular complexity index is 349. The highest BCUT2D eigenvalue weighted by Gasteiger charge is 2.29. The van der Waals surface area contributed by atoms with Crippen LogP contribution in [0.4, 0.5) is 0 Å². The minimum Gasteiger partial charge on any atom is -0.480 e. The van der Waals surface area contributed by atoms with Crippen LogP contribution in [0.3, 0.4) is 0 Å². The average molecular weight is 272 g/mol.